The highest BCUT2D eigenvalue weighted by Crippen LogP contribution is 2.28. The van der Waals surface area contributed by atoms with Gasteiger partial charge in [0.05, 0.1) is 16.7 Å². The average molecular weight is 352 g/mol. The molecule has 1 N–H and O–H groups in total. The Bertz CT molecular complexity index is 1070. The summed E-state index contributed by atoms with van der Waals surface area (Å²) in [6, 6.07) is 13.6. The molecule has 7 heteroatoms. The quantitative estimate of drug-likeness (QED) is 0.606. The van der Waals surface area contributed by atoms with Crippen molar-refractivity contribution in [2.75, 3.05) is 5.43 Å². The molecule has 0 bridgehead atoms. The number of rotatable bonds is 3. The smallest absolute Gasteiger partial charge is 0.266 e. The van der Waals surface area contributed by atoms with Crippen LogP contribution < -0.4 is 5.43 Å². The van der Waals surface area contributed by atoms with E-state index in [0.717, 1.165) is 16.6 Å². The van der Waals surface area contributed by atoms with Gasteiger partial charge in [0.1, 0.15) is 22.0 Å². The standard InChI is InChI=1S/C18H13FN4OS/c1-11-16(25-18(21-11)12-6-8-13(19)9-7-12)17(24)22-23-10-20-14-4-2-3-5-15(14)23/h2-10H,1H3,(H,22,24). The van der Waals surface area contributed by atoms with Crippen LogP contribution in [-0.4, -0.2) is 20.6 Å². The minimum atomic E-state index is -0.304. The van der Waals surface area contributed by atoms with Gasteiger partial charge in [0.15, 0.2) is 0 Å². The zero-order chi connectivity index (χ0) is 17.4. The van der Waals surface area contributed by atoms with Crippen LogP contribution in [0.25, 0.3) is 21.6 Å². The summed E-state index contributed by atoms with van der Waals surface area (Å²) in [5.74, 6) is -0.562. The van der Waals surface area contributed by atoms with Gasteiger partial charge in [-0.2, -0.15) is 0 Å². The summed E-state index contributed by atoms with van der Waals surface area (Å²) in [7, 11) is 0. The van der Waals surface area contributed by atoms with Gasteiger partial charge >= 0.3 is 0 Å². The van der Waals surface area contributed by atoms with Crippen molar-refractivity contribution in [3.05, 3.63) is 71.2 Å². The van der Waals surface area contributed by atoms with E-state index in [1.165, 1.54) is 23.5 Å². The van der Waals surface area contributed by atoms with Crippen molar-refractivity contribution in [1.82, 2.24) is 14.6 Å². The predicted octanol–water partition coefficient (Wildman–Crippen LogP) is 3.99. The number of amides is 1. The summed E-state index contributed by atoms with van der Waals surface area (Å²) in [4.78, 5) is 21.8. The molecule has 0 saturated heterocycles. The number of halogens is 1. The molecule has 0 aliphatic heterocycles. The first-order chi connectivity index (χ1) is 12.1. The van der Waals surface area contributed by atoms with Crippen molar-refractivity contribution >= 4 is 28.3 Å². The van der Waals surface area contributed by atoms with E-state index in [-0.39, 0.29) is 11.7 Å². The highest BCUT2D eigenvalue weighted by molar-refractivity contribution is 7.17. The van der Waals surface area contributed by atoms with Crippen molar-refractivity contribution in [1.29, 1.82) is 0 Å². The molecule has 1 amide bonds. The lowest BCUT2D eigenvalue weighted by atomic mass is 10.2. The number of aryl methyl sites for hydroxylation is 1. The van der Waals surface area contributed by atoms with E-state index in [1.54, 1.807) is 30.1 Å². The van der Waals surface area contributed by atoms with Gasteiger partial charge < -0.3 is 0 Å². The number of benzene rings is 2. The Balaban J connectivity index is 1.63. The van der Waals surface area contributed by atoms with Crippen LogP contribution in [0.5, 0.6) is 0 Å². The van der Waals surface area contributed by atoms with Crippen LogP contribution in [0.3, 0.4) is 0 Å². The fourth-order valence-electron chi connectivity index (χ4n) is 2.53. The van der Waals surface area contributed by atoms with Crippen molar-refractivity contribution in [2.45, 2.75) is 6.92 Å². The first-order valence-electron chi connectivity index (χ1n) is 7.58. The Morgan fingerprint density at radius 3 is 2.72 bits per heavy atom. The van der Waals surface area contributed by atoms with E-state index in [2.05, 4.69) is 15.4 Å². The molecule has 2 aromatic heterocycles. The van der Waals surface area contributed by atoms with Gasteiger partial charge in [-0.25, -0.2) is 19.0 Å². The molecule has 0 saturated carbocycles. The van der Waals surface area contributed by atoms with Gasteiger partial charge in [0.25, 0.3) is 5.91 Å². The number of imidazole rings is 1. The summed E-state index contributed by atoms with van der Waals surface area (Å²) < 4.78 is 14.7. The van der Waals surface area contributed by atoms with Crippen molar-refractivity contribution in [2.24, 2.45) is 0 Å². The Kier molecular flexibility index (Phi) is 3.77. The third-order valence-corrected chi connectivity index (χ3v) is 4.97. The first kappa shape index (κ1) is 15.5. The van der Waals surface area contributed by atoms with Crippen LogP contribution in [0, 0.1) is 12.7 Å². The number of aromatic nitrogens is 3. The number of carbonyl (C=O) groups excluding carboxylic acids is 1. The second-order valence-corrected chi connectivity index (χ2v) is 6.48. The predicted molar refractivity (Wildman–Crippen MR) is 95.7 cm³/mol. The monoisotopic (exact) mass is 352 g/mol. The molecule has 0 fully saturated rings. The zero-order valence-corrected chi connectivity index (χ0v) is 14.0. The molecule has 0 aliphatic carbocycles. The molecule has 2 heterocycles. The molecule has 124 valence electrons. The molecule has 4 rings (SSSR count). The Morgan fingerprint density at radius 1 is 1.16 bits per heavy atom. The first-order valence-corrected chi connectivity index (χ1v) is 8.40. The molecular weight excluding hydrogens is 339 g/mol. The van der Waals surface area contributed by atoms with Gasteiger partial charge in [0.2, 0.25) is 0 Å². The van der Waals surface area contributed by atoms with E-state index in [1.807, 2.05) is 24.3 Å². The normalized spacial score (nSPS) is 11.0. The van der Waals surface area contributed by atoms with Gasteiger partial charge in [0, 0.05) is 5.56 Å². The van der Waals surface area contributed by atoms with Crippen LogP contribution >= 0.6 is 11.3 Å². The molecule has 0 unspecified atom stereocenters. The molecular formula is C18H13FN4OS. The number of thiazole rings is 1. The molecule has 25 heavy (non-hydrogen) atoms. The van der Waals surface area contributed by atoms with Crippen molar-refractivity contribution in [3.63, 3.8) is 0 Å². The number of nitrogens with one attached hydrogen (secondary N) is 1. The highest BCUT2D eigenvalue weighted by Gasteiger charge is 2.17. The minimum Gasteiger partial charge on any atom is -0.266 e. The van der Waals surface area contributed by atoms with E-state index in [4.69, 9.17) is 0 Å². The van der Waals surface area contributed by atoms with E-state index in [0.29, 0.717) is 15.6 Å². The van der Waals surface area contributed by atoms with Gasteiger partial charge in [-0.3, -0.25) is 10.2 Å². The minimum absolute atomic E-state index is 0.258. The largest absolute Gasteiger partial charge is 0.282 e. The highest BCUT2D eigenvalue weighted by atomic mass is 32.1. The maximum atomic E-state index is 13.1. The van der Waals surface area contributed by atoms with Crippen LogP contribution in [0.4, 0.5) is 4.39 Å². The molecule has 4 aromatic rings. The number of hydrogen-bond acceptors (Lipinski definition) is 4. The second-order valence-electron chi connectivity index (χ2n) is 5.48. The number of hydrogen-bond donors (Lipinski definition) is 1. The van der Waals surface area contributed by atoms with Crippen molar-refractivity contribution < 1.29 is 9.18 Å². The summed E-state index contributed by atoms with van der Waals surface area (Å²) in [6.45, 7) is 1.78. The maximum absolute atomic E-state index is 13.1. The summed E-state index contributed by atoms with van der Waals surface area (Å²) in [5.41, 5.74) is 5.85. The topological polar surface area (TPSA) is 59.8 Å². The molecule has 0 spiro atoms. The van der Waals surface area contributed by atoms with Crippen LogP contribution in [-0.2, 0) is 0 Å². The lowest BCUT2D eigenvalue weighted by molar-refractivity contribution is 0.101. The molecule has 0 aliphatic rings. The van der Waals surface area contributed by atoms with Crippen LogP contribution in [0.2, 0.25) is 0 Å². The molecule has 0 atom stereocenters. The average Bonchev–Trinajstić information content (AvgIpc) is 3.20. The molecule has 0 radical (unpaired) electrons. The van der Waals surface area contributed by atoms with E-state index < -0.39 is 0 Å². The second kappa shape index (κ2) is 6.10. The Morgan fingerprint density at radius 2 is 1.92 bits per heavy atom. The van der Waals surface area contributed by atoms with Gasteiger partial charge in [-0.1, -0.05) is 12.1 Å². The fraction of sp³-hybridized carbons (Fsp3) is 0.0556. The van der Waals surface area contributed by atoms with E-state index >= 15 is 0 Å². The third kappa shape index (κ3) is 2.89. The summed E-state index contributed by atoms with van der Waals surface area (Å²) in [5, 5.41) is 0.679. The zero-order valence-electron chi connectivity index (χ0n) is 13.2. The molecule has 2 aromatic carbocycles. The van der Waals surface area contributed by atoms with Crippen LogP contribution in [0.15, 0.2) is 54.9 Å². The van der Waals surface area contributed by atoms with E-state index in [9.17, 15) is 9.18 Å². The SMILES string of the molecule is Cc1nc(-c2ccc(F)cc2)sc1C(=O)Nn1cnc2ccccc21. The Hall–Kier alpha value is -3.06. The van der Waals surface area contributed by atoms with Gasteiger partial charge in [-0.05, 0) is 43.3 Å². The number of carbonyl (C=O) groups is 1. The third-order valence-electron chi connectivity index (χ3n) is 3.77. The summed E-state index contributed by atoms with van der Waals surface area (Å²) in [6.07, 6.45) is 1.57. The summed E-state index contributed by atoms with van der Waals surface area (Å²) >= 11 is 1.27. The lowest BCUT2D eigenvalue weighted by Crippen LogP contribution is -2.21. The van der Waals surface area contributed by atoms with Gasteiger partial charge in [-0.15, -0.1) is 11.3 Å². The number of nitrogens with zero attached hydrogens (tertiary/aromatic N) is 3. The maximum Gasteiger partial charge on any atom is 0.282 e. The Labute approximate surface area is 146 Å². The number of para-hydroxylation sites is 2. The lowest BCUT2D eigenvalue weighted by Gasteiger charge is -2.05. The number of fused-ring (bicyclic) bond motifs is 1. The fourth-order valence-corrected chi connectivity index (χ4v) is 3.49. The molecule has 5 nitrogen and oxygen atoms in total. The van der Waals surface area contributed by atoms with Crippen molar-refractivity contribution in [3.8, 4) is 10.6 Å². The van der Waals surface area contributed by atoms with Crippen LogP contribution in [0.1, 0.15) is 15.4 Å².